The number of hydrogen-bond acceptors (Lipinski definition) is 9. The van der Waals surface area contributed by atoms with Gasteiger partial charge < -0.3 is 13.9 Å². The zero-order valence-electron chi connectivity index (χ0n) is 21.8. The van der Waals surface area contributed by atoms with Gasteiger partial charge in [-0.15, -0.1) is 0 Å². The molecule has 4 aromatic rings. The Hall–Kier alpha value is -4.00. The van der Waals surface area contributed by atoms with Gasteiger partial charge in [-0.05, 0) is 65.7 Å². The second kappa shape index (κ2) is 11.5. The van der Waals surface area contributed by atoms with Gasteiger partial charge in [0, 0.05) is 23.8 Å². The standard InChI is InChI=1S/C28H21BrClN3O7S/c1-4-39-27(35)24-14(2)31-28-32(25(24)15-5-9-22(38-3)19(29)11-15)26(34)23(41-28)13-17-7-10-21(40-17)18-12-16(33(36)37)6-8-20(18)30/h5-13,25H,4H2,1-3H3/b23-13+/t25-/m1/s1. The van der Waals surface area contributed by atoms with Crippen LogP contribution in [-0.4, -0.2) is 29.2 Å². The molecule has 0 aliphatic carbocycles. The van der Waals surface area contributed by atoms with Gasteiger partial charge in [-0.25, -0.2) is 9.79 Å². The molecule has 2 aromatic carbocycles. The quantitative estimate of drug-likeness (QED) is 0.148. The molecule has 0 spiro atoms. The smallest absolute Gasteiger partial charge is 0.338 e. The number of furan rings is 1. The van der Waals surface area contributed by atoms with Crippen molar-refractivity contribution in [1.29, 1.82) is 0 Å². The molecule has 13 heteroatoms. The first kappa shape index (κ1) is 28.5. The number of nitrogens with zero attached hydrogens (tertiary/aromatic N) is 3. The van der Waals surface area contributed by atoms with Crippen LogP contribution in [0.1, 0.15) is 31.2 Å². The van der Waals surface area contributed by atoms with Crippen LogP contribution in [0, 0.1) is 10.1 Å². The van der Waals surface area contributed by atoms with Crippen molar-refractivity contribution in [1.82, 2.24) is 4.57 Å². The molecule has 0 unspecified atom stereocenters. The second-order valence-electron chi connectivity index (χ2n) is 8.82. The van der Waals surface area contributed by atoms with Crippen molar-refractivity contribution in [2.75, 3.05) is 13.7 Å². The molecule has 41 heavy (non-hydrogen) atoms. The fourth-order valence-electron chi connectivity index (χ4n) is 4.48. The number of carbonyl (C=O) groups is 1. The van der Waals surface area contributed by atoms with Gasteiger partial charge in [0.1, 0.15) is 17.3 Å². The van der Waals surface area contributed by atoms with Gasteiger partial charge in [-0.2, -0.15) is 0 Å². The first-order valence-corrected chi connectivity index (χ1v) is 14.2. The van der Waals surface area contributed by atoms with E-state index < -0.39 is 16.9 Å². The molecule has 5 rings (SSSR count). The lowest BCUT2D eigenvalue weighted by molar-refractivity contribution is -0.384. The summed E-state index contributed by atoms with van der Waals surface area (Å²) in [4.78, 5) is 42.6. The summed E-state index contributed by atoms with van der Waals surface area (Å²) in [5.74, 6) is 0.665. The maximum absolute atomic E-state index is 13.8. The van der Waals surface area contributed by atoms with Crippen LogP contribution >= 0.6 is 38.9 Å². The van der Waals surface area contributed by atoms with Gasteiger partial charge in [-0.1, -0.05) is 29.0 Å². The number of aromatic nitrogens is 1. The number of carbonyl (C=O) groups excluding carboxylic acids is 1. The minimum absolute atomic E-state index is 0.131. The summed E-state index contributed by atoms with van der Waals surface area (Å²) in [6.45, 7) is 3.57. The highest BCUT2D eigenvalue weighted by molar-refractivity contribution is 9.10. The van der Waals surface area contributed by atoms with Crippen molar-refractivity contribution in [3.63, 3.8) is 0 Å². The van der Waals surface area contributed by atoms with Crippen LogP contribution < -0.4 is 19.6 Å². The van der Waals surface area contributed by atoms with Crippen LogP contribution in [0.4, 0.5) is 5.69 Å². The Morgan fingerprint density at radius 1 is 1.27 bits per heavy atom. The summed E-state index contributed by atoms with van der Waals surface area (Å²) in [6.07, 6.45) is 1.56. The molecule has 1 aliphatic heterocycles. The molecule has 0 fully saturated rings. The van der Waals surface area contributed by atoms with Crippen LogP contribution in [0.15, 0.2) is 78.5 Å². The zero-order chi connectivity index (χ0) is 29.4. The molecule has 1 atom stereocenters. The molecule has 0 bridgehead atoms. The minimum atomic E-state index is -0.800. The summed E-state index contributed by atoms with van der Waals surface area (Å²) < 4.78 is 19.0. The Bertz CT molecular complexity index is 1920. The summed E-state index contributed by atoms with van der Waals surface area (Å²) in [6, 6.07) is 11.8. The summed E-state index contributed by atoms with van der Waals surface area (Å²) >= 11 is 10.9. The van der Waals surface area contributed by atoms with Gasteiger partial charge in [0.2, 0.25) is 0 Å². The van der Waals surface area contributed by atoms with E-state index in [0.29, 0.717) is 47.9 Å². The molecular formula is C28H21BrClN3O7S. The van der Waals surface area contributed by atoms with Crippen LogP contribution in [0.3, 0.4) is 0 Å². The highest BCUT2D eigenvalue weighted by Crippen LogP contribution is 2.35. The second-order valence-corrected chi connectivity index (χ2v) is 11.1. The fraction of sp³-hybridized carbons (Fsp3) is 0.179. The third-order valence-corrected chi connectivity index (χ3v) is 8.27. The van der Waals surface area contributed by atoms with Crippen molar-refractivity contribution in [2.24, 2.45) is 4.99 Å². The Morgan fingerprint density at radius 3 is 2.73 bits per heavy atom. The summed E-state index contributed by atoms with van der Waals surface area (Å²) in [5, 5.41) is 11.5. The van der Waals surface area contributed by atoms with E-state index in [1.165, 1.54) is 22.8 Å². The van der Waals surface area contributed by atoms with E-state index in [1.54, 1.807) is 57.4 Å². The number of nitro groups is 1. The normalized spacial score (nSPS) is 15.0. The van der Waals surface area contributed by atoms with Crippen molar-refractivity contribution in [3.05, 3.63) is 110 Å². The van der Waals surface area contributed by atoms with E-state index in [-0.39, 0.29) is 28.4 Å². The van der Waals surface area contributed by atoms with Crippen LogP contribution in [0.2, 0.25) is 5.02 Å². The van der Waals surface area contributed by atoms with Crippen LogP contribution in [0.5, 0.6) is 5.75 Å². The Balaban J connectivity index is 1.64. The van der Waals surface area contributed by atoms with E-state index in [0.717, 1.165) is 11.3 Å². The highest BCUT2D eigenvalue weighted by atomic mass is 79.9. The molecule has 1 aliphatic rings. The van der Waals surface area contributed by atoms with E-state index in [9.17, 15) is 19.7 Å². The highest BCUT2D eigenvalue weighted by Gasteiger charge is 2.33. The van der Waals surface area contributed by atoms with Gasteiger partial charge in [0.05, 0.1) is 50.0 Å². The molecule has 0 N–H and O–H groups in total. The maximum atomic E-state index is 13.8. The number of hydrogen-bond donors (Lipinski definition) is 0. The Kier molecular flexibility index (Phi) is 7.98. The number of methoxy groups -OCH3 is 1. The topological polar surface area (TPSA) is 126 Å². The number of rotatable bonds is 7. The zero-order valence-corrected chi connectivity index (χ0v) is 25.0. The number of nitro benzene ring substituents is 1. The molecule has 10 nitrogen and oxygen atoms in total. The van der Waals surface area contributed by atoms with E-state index in [2.05, 4.69) is 20.9 Å². The lowest BCUT2D eigenvalue weighted by Crippen LogP contribution is -2.39. The number of non-ortho nitro benzene ring substituents is 1. The average molecular weight is 659 g/mol. The Morgan fingerprint density at radius 2 is 2.05 bits per heavy atom. The molecule has 0 amide bonds. The van der Waals surface area contributed by atoms with E-state index in [1.807, 2.05) is 0 Å². The van der Waals surface area contributed by atoms with Crippen molar-refractivity contribution in [2.45, 2.75) is 19.9 Å². The molecule has 3 heterocycles. The third-order valence-electron chi connectivity index (χ3n) is 6.33. The molecule has 210 valence electrons. The predicted molar refractivity (Wildman–Crippen MR) is 157 cm³/mol. The number of allylic oxidation sites excluding steroid dienone is 1. The largest absolute Gasteiger partial charge is 0.496 e. The summed E-state index contributed by atoms with van der Waals surface area (Å²) in [7, 11) is 1.55. The molecule has 0 saturated heterocycles. The van der Waals surface area contributed by atoms with Crippen molar-refractivity contribution < 1.29 is 23.6 Å². The SMILES string of the molecule is CCOC(=O)C1=C(C)N=c2s/c(=C/c3ccc(-c4cc([N+](=O)[O-])ccc4Cl)o3)c(=O)n2[C@@H]1c1ccc(OC)c(Br)c1. The number of benzene rings is 2. The van der Waals surface area contributed by atoms with Crippen molar-refractivity contribution >= 4 is 56.6 Å². The van der Waals surface area contributed by atoms with Crippen molar-refractivity contribution in [3.8, 4) is 17.1 Å². The average Bonchev–Trinajstić information content (AvgIpc) is 3.52. The van der Waals surface area contributed by atoms with Gasteiger partial charge in [0.25, 0.3) is 11.2 Å². The maximum Gasteiger partial charge on any atom is 0.338 e. The molecule has 0 radical (unpaired) electrons. The van der Waals surface area contributed by atoms with Crippen LogP contribution in [-0.2, 0) is 9.53 Å². The predicted octanol–water partition coefficient (Wildman–Crippen LogP) is 5.39. The molecule has 2 aromatic heterocycles. The molecule has 0 saturated carbocycles. The minimum Gasteiger partial charge on any atom is -0.496 e. The Labute approximate surface area is 250 Å². The van der Waals surface area contributed by atoms with Gasteiger partial charge >= 0.3 is 5.97 Å². The number of ether oxygens (including phenoxy) is 2. The number of thiazole rings is 1. The number of esters is 1. The lowest BCUT2D eigenvalue weighted by atomic mass is 9.96. The van der Waals surface area contributed by atoms with Crippen LogP contribution in [0.25, 0.3) is 17.4 Å². The fourth-order valence-corrected chi connectivity index (χ4v) is 6.28. The first-order valence-electron chi connectivity index (χ1n) is 12.2. The first-order chi connectivity index (χ1) is 19.6. The van der Waals surface area contributed by atoms with E-state index >= 15 is 0 Å². The lowest BCUT2D eigenvalue weighted by Gasteiger charge is -2.25. The number of halogens is 2. The van der Waals surface area contributed by atoms with Gasteiger partial charge in [0.15, 0.2) is 4.80 Å². The van der Waals surface area contributed by atoms with Gasteiger partial charge in [-0.3, -0.25) is 19.5 Å². The monoisotopic (exact) mass is 657 g/mol. The number of fused-ring (bicyclic) bond motifs is 1. The third kappa shape index (κ3) is 5.37. The molecular weight excluding hydrogens is 638 g/mol. The van der Waals surface area contributed by atoms with E-state index in [4.69, 9.17) is 25.5 Å². The summed E-state index contributed by atoms with van der Waals surface area (Å²) in [5.41, 5.74) is 1.18.